The van der Waals surface area contributed by atoms with Gasteiger partial charge in [0.1, 0.15) is 10.8 Å². The number of halogens is 1. The number of thiocarbonyl (C=S) groups is 1. The van der Waals surface area contributed by atoms with Gasteiger partial charge in [0.15, 0.2) is 0 Å². The Morgan fingerprint density at radius 1 is 1.48 bits per heavy atom. The number of aromatic amines is 1. The molecule has 1 heterocycles. The highest BCUT2D eigenvalue weighted by atomic mass is 32.2. The fraction of sp³-hybridized carbons (Fsp3) is 0.167. The predicted octanol–water partition coefficient (Wildman–Crippen LogP) is 0.704. The Kier molecular flexibility index (Phi) is 4.66. The number of hydrogen-bond acceptors (Lipinski definition) is 4. The first kappa shape index (κ1) is 15.5. The number of imidazole rings is 1. The molecule has 2 aromatic rings. The second kappa shape index (κ2) is 6.29. The maximum absolute atomic E-state index is 13.5. The van der Waals surface area contributed by atoms with Crippen LogP contribution in [0.1, 0.15) is 11.3 Å². The maximum atomic E-state index is 13.5. The summed E-state index contributed by atoms with van der Waals surface area (Å²) in [5.74, 6) is -0.654. The van der Waals surface area contributed by atoms with Gasteiger partial charge in [0.25, 0.3) is 0 Å². The largest absolute Gasteiger partial charge is 0.389 e. The number of benzene rings is 1. The molecule has 0 unspecified atom stereocenters. The van der Waals surface area contributed by atoms with Gasteiger partial charge in [-0.1, -0.05) is 12.2 Å². The van der Waals surface area contributed by atoms with E-state index in [-0.39, 0.29) is 22.0 Å². The molecule has 0 aliphatic heterocycles. The normalized spacial score (nSPS) is 11.5. The summed E-state index contributed by atoms with van der Waals surface area (Å²) in [6.45, 7) is 0.185. The summed E-state index contributed by atoms with van der Waals surface area (Å²) in [6, 6.07) is 3.31. The van der Waals surface area contributed by atoms with Crippen LogP contribution in [0, 0.1) is 5.82 Å². The number of aromatic nitrogens is 2. The van der Waals surface area contributed by atoms with E-state index in [4.69, 9.17) is 5.73 Å². The zero-order valence-corrected chi connectivity index (χ0v) is 12.5. The van der Waals surface area contributed by atoms with Crippen LogP contribution < -0.4 is 10.5 Å². The number of sulfonamides is 1. The lowest BCUT2D eigenvalue weighted by atomic mass is 10.2. The fourth-order valence-corrected chi connectivity index (χ4v) is 2.90. The van der Waals surface area contributed by atoms with Crippen molar-refractivity contribution < 1.29 is 12.8 Å². The van der Waals surface area contributed by atoms with Gasteiger partial charge in [0.05, 0.1) is 11.2 Å². The summed E-state index contributed by atoms with van der Waals surface area (Å²) in [7, 11) is -3.75. The SMILES string of the molecule is NC(=S)c1cc(S(=O)(=O)NCCc2cnc[nH]2)ccc1F. The third-order valence-corrected chi connectivity index (χ3v) is 4.43. The highest BCUT2D eigenvalue weighted by Crippen LogP contribution is 2.15. The quantitative estimate of drug-likeness (QED) is 0.678. The zero-order chi connectivity index (χ0) is 15.5. The third-order valence-electron chi connectivity index (χ3n) is 2.75. The lowest BCUT2D eigenvalue weighted by Crippen LogP contribution is -2.26. The van der Waals surface area contributed by atoms with E-state index in [0.29, 0.717) is 6.42 Å². The van der Waals surface area contributed by atoms with Gasteiger partial charge in [0.2, 0.25) is 10.0 Å². The monoisotopic (exact) mass is 328 g/mol. The van der Waals surface area contributed by atoms with E-state index in [1.807, 2.05) is 0 Å². The Morgan fingerprint density at radius 2 is 2.24 bits per heavy atom. The highest BCUT2D eigenvalue weighted by molar-refractivity contribution is 7.89. The molecule has 0 amide bonds. The number of nitrogens with one attached hydrogen (secondary N) is 2. The van der Waals surface area contributed by atoms with Gasteiger partial charge in [-0.05, 0) is 18.2 Å². The maximum Gasteiger partial charge on any atom is 0.240 e. The van der Waals surface area contributed by atoms with Crippen LogP contribution in [0.15, 0.2) is 35.6 Å². The van der Waals surface area contributed by atoms with Crippen molar-refractivity contribution in [1.82, 2.24) is 14.7 Å². The minimum absolute atomic E-state index is 0.0867. The molecule has 0 saturated heterocycles. The van der Waals surface area contributed by atoms with Crippen molar-refractivity contribution in [2.24, 2.45) is 5.73 Å². The second-order valence-corrected chi connectivity index (χ2v) is 6.44. The summed E-state index contributed by atoms with van der Waals surface area (Å²) in [4.78, 5) is 6.42. The summed E-state index contributed by atoms with van der Waals surface area (Å²) < 4.78 is 40.1. The van der Waals surface area contributed by atoms with Gasteiger partial charge in [0, 0.05) is 30.4 Å². The second-order valence-electron chi connectivity index (χ2n) is 4.23. The van der Waals surface area contributed by atoms with Gasteiger partial charge in [-0.25, -0.2) is 22.5 Å². The van der Waals surface area contributed by atoms with Crippen molar-refractivity contribution in [3.63, 3.8) is 0 Å². The van der Waals surface area contributed by atoms with Gasteiger partial charge >= 0.3 is 0 Å². The molecule has 112 valence electrons. The molecule has 0 aliphatic rings. The topological polar surface area (TPSA) is 101 Å². The number of H-pyrrole nitrogens is 1. The molecule has 2 rings (SSSR count). The third kappa shape index (κ3) is 3.84. The van der Waals surface area contributed by atoms with Crippen LogP contribution in [-0.4, -0.2) is 29.9 Å². The molecule has 0 spiro atoms. The Bertz CT molecular complexity index is 745. The molecule has 0 aliphatic carbocycles. The Hall–Kier alpha value is -1.84. The van der Waals surface area contributed by atoms with Gasteiger partial charge in [-0.15, -0.1) is 0 Å². The van der Waals surface area contributed by atoms with Crippen molar-refractivity contribution in [3.05, 3.63) is 47.8 Å². The van der Waals surface area contributed by atoms with E-state index >= 15 is 0 Å². The number of rotatable bonds is 6. The molecule has 0 atom stereocenters. The Balaban J connectivity index is 2.12. The molecule has 0 saturated carbocycles. The molecule has 1 aromatic heterocycles. The van der Waals surface area contributed by atoms with Gasteiger partial charge < -0.3 is 10.7 Å². The number of hydrogen-bond donors (Lipinski definition) is 3. The smallest absolute Gasteiger partial charge is 0.240 e. The molecule has 21 heavy (non-hydrogen) atoms. The number of nitrogens with zero attached hydrogens (tertiary/aromatic N) is 1. The van der Waals surface area contributed by atoms with Gasteiger partial charge in [-0.3, -0.25) is 0 Å². The van der Waals surface area contributed by atoms with E-state index in [1.54, 1.807) is 6.20 Å². The van der Waals surface area contributed by atoms with Crippen LogP contribution in [0.5, 0.6) is 0 Å². The first-order valence-electron chi connectivity index (χ1n) is 5.96. The van der Waals surface area contributed by atoms with E-state index in [9.17, 15) is 12.8 Å². The molecular formula is C12H13FN4O2S2. The van der Waals surface area contributed by atoms with Crippen molar-refractivity contribution in [2.75, 3.05) is 6.54 Å². The standard InChI is InChI=1S/C12H13FN4O2S2/c13-11-2-1-9(5-10(11)12(14)20)21(18,19)17-4-3-8-6-15-7-16-8/h1-2,5-7,17H,3-4H2,(H2,14,20)(H,15,16). The van der Waals surface area contributed by atoms with Crippen LogP contribution >= 0.6 is 12.2 Å². The summed E-state index contributed by atoms with van der Waals surface area (Å²) >= 11 is 4.69. The first-order chi connectivity index (χ1) is 9.90. The van der Waals surface area contributed by atoms with Crippen molar-refractivity contribution in [1.29, 1.82) is 0 Å². The van der Waals surface area contributed by atoms with E-state index < -0.39 is 15.8 Å². The predicted molar refractivity (Wildman–Crippen MR) is 79.8 cm³/mol. The molecular weight excluding hydrogens is 315 g/mol. The van der Waals surface area contributed by atoms with Crippen LogP contribution in [-0.2, 0) is 16.4 Å². The minimum atomic E-state index is -3.75. The summed E-state index contributed by atoms with van der Waals surface area (Å²) in [5, 5.41) is 0. The number of nitrogens with two attached hydrogens (primary N) is 1. The molecule has 9 heteroatoms. The molecule has 0 fully saturated rings. The zero-order valence-electron chi connectivity index (χ0n) is 10.8. The molecule has 6 nitrogen and oxygen atoms in total. The Labute approximate surface area is 126 Å². The van der Waals surface area contributed by atoms with Crippen LogP contribution in [0.4, 0.5) is 4.39 Å². The molecule has 0 radical (unpaired) electrons. The Morgan fingerprint density at radius 3 is 2.86 bits per heavy atom. The van der Waals surface area contributed by atoms with E-state index in [0.717, 1.165) is 23.9 Å². The molecule has 0 bridgehead atoms. The average molecular weight is 328 g/mol. The molecule has 4 N–H and O–H groups in total. The molecule has 1 aromatic carbocycles. The summed E-state index contributed by atoms with van der Waals surface area (Å²) in [5.41, 5.74) is 6.07. The average Bonchev–Trinajstić information content (AvgIpc) is 2.91. The minimum Gasteiger partial charge on any atom is -0.389 e. The van der Waals surface area contributed by atoms with Crippen LogP contribution in [0.3, 0.4) is 0 Å². The summed E-state index contributed by atoms with van der Waals surface area (Å²) in [6.07, 6.45) is 3.58. The highest BCUT2D eigenvalue weighted by Gasteiger charge is 2.16. The lowest BCUT2D eigenvalue weighted by molar-refractivity contribution is 0.580. The van der Waals surface area contributed by atoms with E-state index in [2.05, 4.69) is 26.9 Å². The van der Waals surface area contributed by atoms with Crippen molar-refractivity contribution >= 4 is 27.2 Å². The first-order valence-corrected chi connectivity index (χ1v) is 7.85. The van der Waals surface area contributed by atoms with Crippen molar-refractivity contribution in [2.45, 2.75) is 11.3 Å². The fourth-order valence-electron chi connectivity index (χ4n) is 1.69. The van der Waals surface area contributed by atoms with Crippen LogP contribution in [0.2, 0.25) is 0 Å². The lowest BCUT2D eigenvalue weighted by Gasteiger charge is -2.08. The van der Waals surface area contributed by atoms with Crippen LogP contribution in [0.25, 0.3) is 0 Å². The van der Waals surface area contributed by atoms with E-state index in [1.165, 1.54) is 6.33 Å². The van der Waals surface area contributed by atoms with Gasteiger partial charge in [-0.2, -0.15) is 0 Å². The van der Waals surface area contributed by atoms with Crippen molar-refractivity contribution in [3.8, 4) is 0 Å².